The van der Waals surface area contributed by atoms with E-state index >= 15 is 0 Å². The second-order valence-electron chi connectivity index (χ2n) is 4.05. The number of aromatic carboxylic acids is 1. The normalized spacial score (nSPS) is 18.9. The van der Waals surface area contributed by atoms with E-state index in [9.17, 15) is 13.2 Å². The van der Waals surface area contributed by atoms with E-state index in [2.05, 4.69) is 4.72 Å². The molecule has 7 heteroatoms. The molecule has 0 aromatic heterocycles. The van der Waals surface area contributed by atoms with E-state index in [1.807, 2.05) is 0 Å². The van der Waals surface area contributed by atoms with Gasteiger partial charge in [0.1, 0.15) is 0 Å². The van der Waals surface area contributed by atoms with Crippen LogP contribution in [-0.2, 0) is 16.6 Å². The number of hydrogen-bond donors (Lipinski definition) is 2. The van der Waals surface area contributed by atoms with Crippen LogP contribution in [0.4, 0.5) is 0 Å². The molecule has 1 fully saturated rings. The fourth-order valence-corrected chi connectivity index (χ4v) is 3.01. The smallest absolute Gasteiger partial charge is 0.335 e. The third kappa shape index (κ3) is 2.87. The summed E-state index contributed by atoms with van der Waals surface area (Å²) < 4.78 is 26.7. The number of nitrogens with zero attached hydrogens (tertiary/aromatic N) is 1. The molecule has 0 unspecified atom stereocenters. The van der Waals surface area contributed by atoms with Crippen LogP contribution in [0, 0.1) is 0 Å². The second-order valence-corrected chi connectivity index (χ2v) is 5.81. The van der Waals surface area contributed by atoms with Crippen molar-refractivity contribution in [2.75, 3.05) is 19.6 Å². The van der Waals surface area contributed by atoms with Crippen molar-refractivity contribution in [1.29, 1.82) is 0 Å². The lowest BCUT2D eigenvalue weighted by molar-refractivity contribution is 0.0697. The molecule has 1 heterocycles. The summed E-state index contributed by atoms with van der Waals surface area (Å²) in [4.78, 5) is 10.7. The van der Waals surface area contributed by atoms with Crippen molar-refractivity contribution >= 4 is 16.2 Å². The fraction of sp³-hybridized carbons (Fsp3) is 0.364. The van der Waals surface area contributed by atoms with Crippen molar-refractivity contribution in [3.63, 3.8) is 0 Å². The van der Waals surface area contributed by atoms with Crippen LogP contribution in [0.5, 0.6) is 0 Å². The summed E-state index contributed by atoms with van der Waals surface area (Å²) in [5.41, 5.74) is 1.15. The Bertz CT molecular complexity index is 539. The van der Waals surface area contributed by atoms with Gasteiger partial charge in [0.05, 0.1) is 5.56 Å². The Morgan fingerprint density at radius 3 is 2.50 bits per heavy atom. The van der Waals surface area contributed by atoms with Crippen LogP contribution in [0.15, 0.2) is 24.3 Å². The van der Waals surface area contributed by atoms with Crippen LogP contribution in [-0.4, -0.2) is 43.4 Å². The lowest BCUT2D eigenvalue weighted by atomic mass is 10.1. The average molecular weight is 270 g/mol. The van der Waals surface area contributed by atoms with Crippen molar-refractivity contribution in [3.05, 3.63) is 35.4 Å². The molecule has 1 aliphatic rings. The summed E-state index contributed by atoms with van der Waals surface area (Å²) in [5, 5.41) is 8.75. The van der Waals surface area contributed by atoms with Gasteiger partial charge in [-0.05, 0) is 24.1 Å². The van der Waals surface area contributed by atoms with E-state index in [1.165, 1.54) is 16.4 Å². The first-order chi connectivity index (χ1) is 8.49. The first-order valence-corrected chi connectivity index (χ1v) is 7.00. The Labute approximate surface area is 105 Å². The standard InChI is InChI=1S/C11H14N2O4S/c14-11(15)10-3-1-9(2-4-10)5-7-13-8-6-12-18(13,16)17/h1-4,12H,5-8H2,(H,14,15). The Balaban J connectivity index is 1.96. The summed E-state index contributed by atoms with van der Waals surface area (Å²) in [7, 11) is -3.29. The van der Waals surface area contributed by atoms with Crippen LogP contribution >= 0.6 is 0 Å². The van der Waals surface area contributed by atoms with Gasteiger partial charge in [-0.15, -0.1) is 0 Å². The van der Waals surface area contributed by atoms with Gasteiger partial charge in [-0.1, -0.05) is 12.1 Å². The summed E-state index contributed by atoms with van der Waals surface area (Å²) in [6, 6.07) is 6.46. The number of rotatable bonds is 4. The number of carboxylic acids is 1. The Kier molecular flexibility index (Phi) is 3.65. The molecule has 0 atom stereocenters. The van der Waals surface area contributed by atoms with E-state index < -0.39 is 16.2 Å². The molecule has 0 amide bonds. The zero-order valence-corrected chi connectivity index (χ0v) is 10.5. The Morgan fingerprint density at radius 2 is 2.00 bits per heavy atom. The highest BCUT2D eigenvalue weighted by atomic mass is 32.2. The molecule has 1 aromatic carbocycles. The number of nitrogens with one attached hydrogen (secondary N) is 1. The predicted molar refractivity (Wildman–Crippen MR) is 65.6 cm³/mol. The van der Waals surface area contributed by atoms with Crippen LogP contribution in [0.3, 0.4) is 0 Å². The monoisotopic (exact) mass is 270 g/mol. The maximum Gasteiger partial charge on any atom is 0.335 e. The van der Waals surface area contributed by atoms with E-state index in [4.69, 9.17) is 5.11 Å². The molecule has 6 nitrogen and oxygen atoms in total. The SMILES string of the molecule is O=C(O)c1ccc(CCN2CCNS2(=O)=O)cc1. The first kappa shape index (κ1) is 13.0. The third-order valence-corrected chi connectivity index (χ3v) is 4.45. The molecule has 2 N–H and O–H groups in total. The van der Waals surface area contributed by atoms with Gasteiger partial charge in [-0.3, -0.25) is 0 Å². The van der Waals surface area contributed by atoms with Gasteiger partial charge in [0.2, 0.25) is 0 Å². The van der Waals surface area contributed by atoms with Gasteiger partial charge in [-0.2, -0.15) is 12.7 Å². The van der Waals surface area contributed by atoms with Gasteiger partial charge in [0.15, 0.2) is 0 Å². The summed E-state index contributed by atoms with van der Waals surface area (Å²) in [6.45, 7) is 1.33. The maximum absolute atomic E-state index is 11.5. The molecule has 0 aliphatic carbocycles. The highest BCUT2D eigenvalue weighted by Gasteiger charge is 2.26. The molecule has 18 heavy (non-hydrogen) atoms. The minimum Gasteiger partial charge on any atom is -0.478 e. The molecule has 0 radical (unpaired) electrons. The molecule has 0 spiro atoms. The van der Waals surface area contributed by atoms with Gasteiger partial charge in [0.25, 0.3) is 10.2 Å². The van der Waals surface area contributed by atoms with Gasteiger partial charge in [0, 0.05) is 19.6 Å². The van der Waals surface area contributed by atoms with Crippen LogP contribution < -0.4 is 4.72 Å². The van der Waals surface area contributed by atoms with E-state index in [-0.39, 0.29) is 5.56 Å². The molecular weight excluding hydrogens is 256 g/mol. The molecule has 0 saturated carbocycles. The maximum atomic E-state index is 11.5. The lowest BCUT2D eigenvalue weighted by Crippen LogP contribution is -2.31. The molecular formula is C11H14N2O4S. The molecule has 0 bridgehead atoms. The molecule has 1 aliphatic heterocycles. The molecule has 1 aromatic rings. The van der Waals surface area contributed by atoms with Crippen LogP contribution in [0.25, 0.3) is 0 Å². The lowest BCUT2D eigenvalue weighted by Gasteiger charge is -2.12. The number of hydrogen-bond acceptors (Lipinski definition) is 3. The Morgan fingerprint density at radius 1 is 1.33 bits per heavy atom. The molecule has 1 saturated heterocycles. The highest BCUT2D eigenvalue weighted by molar-refractivity contribution is 7.87. The van der Waals surface area contributed by atoms with Crippen molar-refractivity contribution in [2.45, 2.75) is 6.42 Å². The van der Waals surface area contributed by atoms with Crippen molar-refractivity contribution in [3.8, 4) is 0 Å². The van der Waals surface area contributed by atoms with Crippen molar-refractivity contribution in [1.82, 2.24) is 9.03 Å². The number of benzene rings is 1. The van der Waals surface area contributed by atoms with E-state index in [0.717, 1.165) is 5.56 Å². The third-order valence-electron chi connectivity index (χ3n) is 2.84. The van der Waals surface area contributed by atoms with Gasteiger partial charge < -0.3 is 5.11 Å². The summed E-state index contributed by atoms with van der Waals surface area (Å²) in [5.74, 6) is -0.965. The number of carbonyl (C=O) groups is 1. The second kappa shape index (κ2) is 5.05. The zero-order valence-electron chi connectivity index (χ0n) is 9.67. The van der Waals surface area contributed by atoms with Crippen molar-refractivity contribution in [2.24, 2.45) is 0 Å². The van der Waals surface area contributed by atoms with E-state index in [1.54, 1.807) is 12.1 Å². The Hall–Kier alpha value is -1.44. The minimum atomic E-state index is -3.29. The van der Waals surface area contributed by atoms with E-state index in [0.29, 0.717) is 26.1 Å². The highest BCUT2D eigenvalue weighted by Crippen LogP contribution is 2.09. The topological polar surface area (TPSA) is 86.7 Å². The first-order valence-electron chi connectivity index (χ1n) is 5.56. The molecule has 98 valence electrons. The van der Waals surface area contributed by atoms with Crippen LogP contribution in [0.1, 0.15) is 15.9 Å². The largest absolute Gasteiger partial charge is 0.478 e. The van der Waals surface area contributed by atoms with Crippen LogP contribution in [0.2, 0.25) is 0 Å². The summed E-state index contributed by atoms with van der Waals surface area (Å²) in [6.07, 6.45) is 0.570. The molecule has 2 rings (SSSR count). The average Bonchev–Trinajstić information content (AvgIpc) is 2.66. The quantitative estimate of drug-likeness (QED) is 0.811. The zero-order chi connectivity index (χ0) is 13.2. The van der Waals surface area contributed by atoms with Gasteiger partial charge >= 0.3 is 5.97 Å². The number of carboxylic acid groups (broad SMARTS) is 1. The fourth-order valence-electron chi connectivity index (χ4n) is 1.81. The summed E-state index contributed by atoms with van der Waals surface area (Å²) >= 11 is 0. The predicted octanol–water partition coefficient (Wildman–Crippen LogP) is 0.0773. The minimum absolute atomic E-state index is 0.231. The van der Waals surface area contributed by atoms with Gasteiger partial charge in [-0.25, -0.2) is 9.52 Å². The van der Waals surface area contributed by atoms with Crippen molar-refractivity contribution < 1.29 is 18.3 Å².